The van der Waals surface area contributed by atoms with Crippen LogP contribution in [0.5, 0.6) is 0 Å². The summed E-state index contributed by atoms with van der Waals surface area (Å²) in [6.45, 7) is 1.87. The van der Waals surface area contributed by atoms with E-state index in [-0.39, 0.29) is 17.4 Å². The Morgan fingerprint density at radius 2 is 1.77 bits per heavy atom. The van der Waals surface area contributed by atoms with E-state index in [0.29, 0.717) is 28.4 Å². The van der Waals surface area contributed by atoms with Gasteiger partial charge >= 0.3 is 0 Å². The Kier molecular flexibility index (Phi) is 7.79. The summed E-state index contributed by atoms with van der Waals surface area (Å²) < 4.78 is 0. The number of aryl methyl sites for hydroxylation is 1. The molecule has 5 nitrogen and oxygen atoms in total. The zero-order valence-electron chi connectivity index (χ0n) is 16.9. The molecule has 0 saturated carbocycles. The van der Waals surface area contributed by atoms with Gasteiger partial charge in [-0.2, -0.15) is 0 Å². The number of nitrogens with one attached hydrogen (secondary N) is 2. The van der Waals surface area contributed by atoms with Gasteiger partial charge < -0.3 is 16.4 Å². The quantitative estimate of drug-likeness (QED) is 0.430. The molecule has 0 spiro atoms. The van der Waals surface area contributed by atoms with Crippen LogP contribution < -0.4 is 16.4 Å². The average molecular weight is 472 g/mol. The van der Waals surface area contributed by atoms with Crippen LogP contribution in [0.2, 0.25) is 5.02 Å². The van der Waals surface area contributed by atoms with Crippen LogP contribution in [0, 0.1) is 6.92 Å². The van der Waals surface area contributed by atoms with Gasteiger partial charge in [-0.15, -0.1) is 11.3 Å². The van der Waals surface area contributed by atoms with Gasteiger partial charge in [-0.3, -0.25) is 9.59 Å². The summed E-state index contributed by atoms with van der Waals surface area (Å²) in [5.74, 6) is -0.778. The smallest absolute Gasteiger partial charge is 0.251 e. The normalized spacial score (nSPS) is 10.5. The summed E-state index contributed by atoms with van der Waals surface area (Å²) >= 11 is 12.8. The summed E-state index contributed by atoms with van der Waals surface area (Å²) in [5.41, 5.74) is 8.84. The van der Waals surface area contributed by atoms with E-state index < -0.39 is 5.91 Å². The van der Waals surface area contributed by atoms with Crippen molar-refractivity contribution in [3.8, 4) is 0 Å². The van der Waals surface area contributed by atoms with Gasteiger partial charge in [-0.1, -0.05) is 60.1 Å². The SMILES string of the molecule is Cc1c(Cc2ccccc2)sc(NC(=S)NC(=O)CCc2ccccc2Cl)c1C(N)=O. The Morgan fingerprint density at radius 3 is 2.45 bits per heavy atom. The first-order valence-electron chi connectivity index (χ1n) is 9.65. The third kappa shape index (κ3) is 6.13. The Balaban J connectivity index is 1.66. The monoisotopic (exact) mass is 471 g/mol. The largest absolute Gasteiger partial charge is 0.365 e. The van der Waals surface area contributed by atoms with Gasteiger partial charge in [0, 0.05) is 22.7 Å². The Morgan fingerprint density at radius 1 is 1.10 bits per heavy atom. The van der Waals surface area contributed by atoms with E-state index in [1.807, 2.05) is 55.5 Å². The van der Waals surface area contributed by atoms with Crippen molar-refractivity contribution in [1.29, 1.82) is 0 Å². The van der Waals surface area contributed by atoms with Crippen LogP contribution in [0.25, 0.3) is 0 Å². The van der Waals surface area contributed by atoms with Gasteiger partial charge in [0.1, 0.15) is 5.00 Å². The van der Waals surface area contributed by atoms with E-state index >= 15 is 0 Å². The fourth-order valence-corrected chi connectivity index (χ4v) is 4.93. The number of carbonyl (C=O) groups is 2. The Hall–Kier alpha value is -2.74. The second-order valence-corrected chi connectivity index (χ2v) is 8.90. The Labute approximate surface area is 195 Å². The van der Waals surface area contributed by atoms with Crippen molar-refractivity contribution in [3.05, 3.63) is 86.8 Å². The molecular formula is C23H22ClN3O2S2. The van der Waals surface area contributed by atoms with Gasteiger partial charge in [0.05, 0.1) is 5.56 Å². The van der Waals surface area contributed by atoms with Gasteiger partial charge in [-0.25, -0.2) is 0 Å². The number of thiophene rings is 1. The molecule has 0 bridgehead atoms. The Bertz CT molecular complexity index is 1110. The molecule has 4 N–H and O–H groups in total. The van der Waals surface area contributed by atoms with Crippen LogP contribution in [0.15, 0.2) is 54.6 Å². The molecular weight excluding hydrogens is 450 g/mol. The zero-order valence-corrected chi connectivity index (χ0v) is 19.3. The number of hydrogen-bond donors (Lipinski definition) is 3. The number of anilines is 1. The molecule has 31 heavy (non-hydrogen) atoms. The number of amides is 2. The number of benzene rings is 2. The van der Waals surface area contributed by atoms with E-state index in [1.54, 1.807) is 6.07 Å². The molecule has 0 saturated heterocycles. The molecule has 1 aromatic heterocycles. The van der Waals surface area contributed by atoms with Crippen LogP contribution in [0.4, 0.5) is 5.00 Å². The van der Waals surface area contributed by atoms with Crippen molar-refractivity contribution in [1.82, 2.24) is 5.32 Å². The molecule has 0 unspecified atom stereocenters. The van der Waals surface area contributed by atoms with Crippen molar-refractivity contribution in [2.75, 3.05) is 5.32 Å². The molecule has 8 heteroatoms. The highest BCUT2D eigenvalue weighted by atomic mass is 35.5. The van der Waals surface area contributed by atoms with Gasteiger partial charge in [0.15, 0.2) is 5.11 Å². The third-order valence-corrected chi connectivity index (χ3v) is 6.54. The predicted molar refractivity (Wildman–Crippen MR) is 131 cm³/mol. The molecule has 0 aliphatic heterocycles. The first kappa shape index (κ1) is 22.9. The summed E-state index contributed by atoms with van der Waals surface area (Å²) in [5, 5.41) is 6.91. The third-order valence-electron chi connectivity index (χ3n) is 4.76. The molecule has 0 atom stereocenters. The van der Waals surface area contributed by atoms with Crippen molar-refractivity contribution in [3.63, 3.8) is 0 Å². The van der Waals surface area contributed by atoms with Crippen LogP contribution in [-0.4, -0.2) is 16.9 Å². The number of hydrogen-bond acceptors (Lipinski definition) is 4. The number of primary amides is 1. The van der Waals surface area contributed by atoms with Crippen LogP contribution in [-0.2, 0) is 17.6 Å². The lowest BCUT2D eigenvalue weighted by atomic mass is 10.1. The fraction of sp³-hybridized carbons (Fsp3) is 0.174. The minimum Gasteiger partial charge on any atom is -0.365 e. The molecule has 1 heterocycles. The zero-order chi connectivity index (χ0) is 22.4. The molecule has 0 radical (unpaired) electrons. The van der Waals surface area contributed by atoms with Crippen LogP contribution in [0.1, 0.15) is 38.3 Å². The highest BCUT2D eigenvalue weighted by molar-refractivity contribution is 7.80. The molecule has 2 amide bonds. The molecule has 3 aromatic rings. The first-order valence-corrected chi connectivity index (χ1v) is 11.3. The van der Waals surface area contributed by atoms with E-state index in [2.05, 4.69) is 10.6 Å². The molecule has 0 aliphatic rings. The molecule has 2 aromatic carbocycles. The molecule has 3 rings (SSSR count). The number of carbonyl (C=O) groups excluding carboxylic acids is 2. The molecule has 0 aliphatic carbocycles. The summed E-state index contributed by atoms with van der Waals surface area (Å²) in [6.07, 6.45) is 1.41. The number of rotatable bonds is 7. The maximum atomic E-state index is 12.3. The van der Waals surface area contributed by atoms with E-state index in [1.165, 1.54) is 11.3 Å². The highest BCUT2D eigenvalue weighted by Gasteiger charge is 2.20. The maximum absolute atomic E-state index is 12.3. The second kappa shape index (κ2) is 10.5. The standard InChI is InChI=1S/C23H22ClN3O2S2/c1-14-18(13-15-7-3-2-4-8-15)31-22(20(14)21(25)29)27-23(30)26-19(28)12-11-16-9-5-6-10-17(16)24/h2-10H,11-13H2,1H3,(H2,25,29)(H2,26,27,28,30). The number of nitrogens with two attached hydrogens (primary N) is 1. The van der Waals surface area contributed by atoms with Crippen molar-refractivity contribution in [2.45, 2.75) is 26.2 Å². The van der Waals surface area contributed by atoms with E-state index in [4.69, 9.17) is 29.6 Å². The fourth-order valence-electron chi connectivity index (χ4n) is 3.17. The van der Waals surface area contributed by atoms with Crippen molar-refractivity contribution >= 4 is 57.1 Å². The second-order valence-electron chi connectivity index (χ2n) is 6.97. The average Bonchev–Trinajstić information content (AvgIpc) is 3.02. The summed E-state index contributed by atoms with van der Waals surface area (Å²) in [4.78, 5) is 25.3. The van der Waals surface area contributed by atoms with Gasteiger partial charge in [-0.05, 0) is 48.3 Å². The van der Waals surface area contributed by atoms with E-state index in [9.17, 15) is 9.59 Å². The number of halogens is 1. The molecule has 160 valence electrons. The van der Waals surface area contributed by atoms with E-state index in [0.717, 1.165) is 21.6 Å². The van der Waals surface area contributed by atoms with Crippen molar-refractivity contribution in [2.24, 2.45) is 5.73 Å². The number of thiocarbonyl (C=S) groups is 1. The highest BCUT2D eigenvalue weighted by Crippen LogP contribution is 2.34. The minimum absolute atomic E-state index is 0.124. The van der Waals surface area contributed by atoms with Gasteiger partial charge in [0.25, 0.3) is 5.91 Å². The first-order chi connectivity index (χ1) is 14.8. The maximum Gasteiger partial charge on any atom is 0.251 e. The lowest BCUT2D eigenvalue weighted by Gasteiger charge is -2.10. The lowest BCUT2D eigenvalue weighted by molar-refractivity contribution is -0.119. The summed E-state index contributed by atoms with van der Waals surface area (Å²) in [6, 6.07) is 17.4. The topological polar surface area (TPSA) is 84.2 Å². The minimum atomic E-state index is -0.539. The summed E-state index contributed by atoms with van der Waals surface area (Å²) in [7, 11) is 0. The predicted octanol–water partition coefficient (Wildman–Crippen LogP) is 4.85. The van der Waals surface area contributed by atoms with Crippen LogP contribution >= 0.6 is 35.2 Å². The van der Waals surface area contributed by atoms with Gasteiger partial charge in [0.2, 0.25) is 5.91 Å². The van der Waals surface area contributed by atoms with Crippen LogP contribution in [0.3, 0.4) is 0 Å². The molecule has 0 fully saturated rings. The lowest BCUT2D eigenvalue weighted by Crippen LogP contribution is -2.34. The van der Waals surface area contributed by atoms with Crippen molar-refractivity contribution < 1.29 is 9.59 Å².